The molecule has 1 heterocycles. The Morgan fingerprint density at radius 2 is 2.04 bits per heavy atom. The van der Waals surface area contributed by atoms with Gasteiger partial charge in [-0.15, -0.1) is 0 Å². The van der Waals surface area contributed by atoms with Crippen molar-refractivity contribution in [1.29, 1.82) is 0 Å². The summed E-state index contributed by atoms with van der Waals surface area (Å²) in [5.74, 6) is 0.561. The van der Waals surface area contributed by atoms with Crippen LogP contribution in [-0.2, 0) is 16.0 Å². The van der Waals surface area contributed by atoms with Crippen LogP contribution in [0.3, 0.4) is 0 Å². The van der Waals surface area contributed by atoms with E-state index in [1.807, 2.05) is 19.9 Å². The van der Waals surface area contributed by atoms with Crippen molar-refractivity contribution in [2.75, 3.05) is 14.1 Å². The summed E-state index contributed by atoms with van der Waals surface area (Å²) in [6.45, 7) is 6.05. The lowest BCUT2D eigenvalue weighted by molar-refractivity contribution is -0.116. The molecule has 0 saturated heterocycles. The quantitative estimate of drug-likeness (QED) is 0.799. The Morgan fingerprint density at radius 3 is 2.58 bits per heavy atom. The van der Waals surface area contributed by atoms with Crippen LogP contribution in [0.5, 0.6) is 0 Å². The molecule has 1 aliphatic heterocycles. The third kappa shape index (κ3) is 3.15. The second-order valence-corrected chi connectivity index (χ2v) is 8.39. The number of carbonyl (C=O) groups is 2. The molecular formula is C20H25BrN2O3. The van der Waals surface area contributed by atoms with Crippen molar-refractivity contribution in [2.45, 2.75) is 45.6 Å². The summed E-state index contributed by atoms with van der Waals surface area (Å²) in [5, 5.41) is 3.10. The maximum absolute atomic E-state index is 13.0. The fourth-order valence-corrected chi connectivity index (χ4v) is 4.42. The van der Waals surface area contributed by atoms with E-state index in [-0.39, 0.29) is 5.91 Å². The lowest BCUT2D eigenvalue weighted by Crippen LogP contribution is -2.45. The van der Waals surface area contributed by atoms with Gasteiger partial charge in [0.1, 0.15) is 5.76 Å². The third-order valence-corrected chi connectivity index (χ3v) is 5.82. The number of aryl methyl sites for hydroxylation is 2. The van der Waals surface area contributed by atoms with Gasteiger partial charge < -0.3 is 15.0 Å². The van der Waals surface area contributed by atoms with Crippen molar-refractivity contribution in [3.05, 3.63) is 39.1 Å². The first-order chi connectivity index (χ1) is 12.2. The van der Waals surface area contributed by atoms with Crippen LogP contribution in [0.15, 0.2) is 22.4 Å². The number of hydrogen-bond acceptors (Lipinski definition) is 3. The van der Waals surface area contributed by atoms with Gasteiger partial charge in [-0.3, -0.25) is 4.79 Å². The van der Waals surface area contributed by atoms with Crippen LogP contribution in [0.25, 0.3) is 5.57 Å². The van der Waals surface area contributed by atoms with Gasteiger partial charge in [-0.2, -0.15) is 0 Å². The number of carbonyl (C=O) groups excluding carboxylic acids is 2. The molecule has 6 heteroatoms. The topological polar surface area (TPSA) is 58.6 Å². The average molecular weight is 421 g/mol. The third-order valence-electron chi connectivity index (χ3n) is 5.19. The standard InChI is InChI=1S/C20H25BrN2O3/c1-6-12-9-11(2)10-14(21)15(12)16-17(26-19(25)23(4)5)20(3,13-7-8-13)22-18(16)24/h9-10,13H,6-8H2,1-5H3,(H,22,24). The van der Waals surface area contributed by atoms with Crippen molar-refractivity contribution in [3.63, 3.8) is 0 Å². The minimum Gasteiger partial charge on any atom is -0.411 e. The smallest absolute Gasteiger partial charge is 0.411 e. The van der Waals surface area contributed by atoms with Crippen LogP contribution in [-0.4, -0.2) is 36.5 Å². The Kier molecular flexibility index (Phi) is 4.90. The molecule has 0 radical (unpaired) electrons. The Hall–Kier alpha value is -1.82. The van der Waals surface area contributed by atoms with Crippen molar-refractivity contribution >= 4 is 33.5 Å². The summed E-state index contributed by atoms with van der Waals surface area (Å²) in [7, 11) is 3.28. The largest absolute Gasteiger partial charge is 0.414 e. The van der Waals surface area contributed by atoms with Crippen LogP contribution in [0, 0.1) is 12.8 Å². The number of benzene rings is 1. The summed E-state index contributed by atoms with van der Waals surface area (Å²) in [5.41, 5.74) is 2.82. The highest BCUT2D eigenvalue weighted by Gasteiger charge is 2.54. The van der Waals surface area contributed by atoms with Crippen LogP contribution in [0.4, 0.5) is 4.79 Å². The minimum absolute atomic E-state index is 0.180. The van der Waals surface area contributed by atoms with Gasteiger partial charge in [0, 0.05) is 24.1 Å². The maximum Gasteiger partial charge on any atom is 0.414 e. The normalized spacial score (nSPS) is 22.5. The van der Waals surface area contributed by atoms with Gasteiger partial charge in [0.25, 0.3) is 5.91 Å². The predicted octanol–water partition coefficient (Wildman–Crippen LogP) is 4.03. The number of amides is 2. The zero-order valence-electron chi connectivity index (χ0n) is 15.9. The molecule has 2 aliphatic rings. The van der Waals surface area contributed by atoms with Crippen molar-refractivity contribution in [3.8, 4) is 0 Å². The molecule has 1 unspecified atom stereocenters. The lowest BCUT2D eigenvalue weighted by atomic mass is 9.90. The molecule has 1 aromatic carbocycles. The predicted molar refractivity (Wildman–Crippen MR) is 105 cm³/mol. The van der Waals surface area contributed by atoms with Gasteiger partial charge in [-0.25, -0.2) is 4.79 Å². The van der Waals surface area contributed by atoms with Gasteiger partial charge in [0.05, 0.1) is 11.1 Å². The van der Waals surface area contributed by atoms with Gasteiger partial charge in [0.2, 0.25) is 0 Å². The number of ether oxygens (including phenoxy) is 1. The molecule has 5 nitrogen and oxygen atoms in total. The molecule has 2 amide bonds. The van der Waals surface area contributed by atoms with E-state index in [9.17, 15) is 9.59 Å². The summed E-state index contributed by atoms with van der Waals surface area (Å²) in [4.78, 5) is 26.7. The van der Waals surface area contributed by atoms with E-state index in [2.05, 4.69) is 34.2 Å². The van der Waals surface area contributed by atoms with E-state index >= 15 is 0 Å². The Labute approximate surface area is 162 Å². The first-order valence-corrected chi connectivity index (χ1v) is 9.74. The molecule has 0 aromatic heterocycles. The minimum atomic E-state index is -0.645. The number of hydrogen-bond donors (Lipinski definition) is 1. The second-order valence-electron chi connectivity index (χ2n) is 7.53. The van der Waals surface area contributed by atoms with Crippen molar-refractivity contribution in [1.82, 2.24) is 10.2 Å². The molecule has 1 fully saturated rings. The lowest BCUT2D eigenvalue weighted by Gasteiger charge is -2.28. The second kappa shape index (κ2) is 6.72. The van der Waals surface area contributed by atoms with Crippen LogP contribution >= 0.6 is 15.9 Å². The molecule has 1 N–H and O–H groups in total. The molecule has 1 saturated carbocycles. The number of halogens is 1. The highest BCUT2D eigenvalue weighted by Crippen LogP contribution is 2.50. The summed E-state index contributed by atoms with van der Waals surface area (Å²) >= 11 is 3.62. The fraction of sp³-hybridized carbons (Fsp3) is 0.500. The van der Waals surface area contributed by atoms with Gasteiger partial charge in [0.15, 0.2) is 0 Å². The van der Waals surface area contributed by atoms with Crippen LogP contribution < -0.4 is 5.32 Å². The molecule has 0 bridgehead atoms. The van der Waals surface area contributed by atoms with Crippen molar-refractivity contribution in [2.24, 2.45) is 5.92 Å². The highest BCUT2D eigenvalue weighted by molar-refractivity contribution is 9.10. The maximum atomic E-state index is 13.0. The first kappa shape index (κ1) is 19.0. The zero-order chi connectivity index (χ0) is 19.2. The molecule has 0 spiro atoms. The SMILES string of the molecule is CCc1cc(C)cc(Br)c1C1=C(OC(=O)N(C)C)C(C)(C2CC2)NC1=O. The first-order valence-electron chi connectivity index (χ1n) is 8.94. The molecule has 3 rings (SSSR count). The molecule has 1 atom stereocenters. The van der Waals surface area contributed by atoms with E-state index < -0.39 is 11.6 Å². The Morgan fingerprint density at radius 1 is 1.38 bits per heavy atom. The number of nitrogens with one attached hydrogen (secondary N) is 1. The van der Waals surface area contributed by atoms with Gasteiger partial charge >= 0.3 is 6.09 Å². The van der Waals surface area contributed by atoms with E-state index in [0.717, 1.165) is 40.4 Å². The molecule has 1 aromatic rings. The van der Waals surface area contributed by atoms with E-state index in [0.29, 0.717) is 17.3 Å². The van der Waals surface area contributed by atoms with E-state index in [1.165, 1.54) is 4.90 Å². The van der Waals surface area contributed by atoms with Crippen LogP contribution in [0.1, 0.15) is 43.4 Å². The highest BCUT2D eigenvalue weighted by atomic mass is 79.9. The summed E-state index contributed by atoms with van der Waals surface area (Å²) < 4.78 is 6.62. The molecule has 140 valence electrons. The fourth-order valence-electron chi connectivity index (χ4n) is 3.60. The Bertz CT molecular complexity index is 812. The summed E-state index contributed by atoms with van der Waals surface area (Å²) in [6, 6.07) is 4.07. The van der Waals surface area contributed by atoms with Crippen LogP contribution in [0.2, 0.25) is 0 Å². The number of rotatable bonds is 4. The van der Waals surface area contributed by atoms with E-state index in [4.69, 9.17) is 4.74 Å². The van der Waals surface area contributed by atoms with Gasteiger partial charge in [-0.05, 0) is 56.2 Å². The molecule has 1 aliphatic carbocycles. The molecule has 26 heavy (non-hydrogen) atoms. The summed E-state index contributed by atoms with van der Waals surface area (Å²) in [6.07, 6.45) is 2.34. The van der Waals surface area contributed by atoms with Crippen molar-refractivity contribution < 1.29 is 14.3 Å². The number of nitrogens with zero attached hydrogens (tertiary/aromatic N) is 1. The zero-order valence-corrected chi connectivity index (χ0v) is 17.5. The average Bonchev–Trinajstić information content (AvgIpc) is 3.37. The monoisotopic (exact) mass is 420 g/mol. The van der Waals surface area contributed by atoms with Gasteiger partial charge in [-0.1, -0.05) is 28.9 Å². The molecular weight excluding hydrogens is 396 g/mol. The van der Waals surface area contributed by atoms with E-state index in [1.54, 1.807) is 14.1 Å². The Balaban J connectivity index is 2.23.